The Morgan fingerprint density at radius 3 is 2.85 bits per heavy atom. The van der Waals surface area contributed by atoms with Crippen LogP contribution in [0.25, 0.3) is 0 Å². The molecule has 0 bridgehead atoms. The summed E-state index contributed by atoms with van der Waals surface area (Å²) >= 11 is 9.28. The lowest BCUT2D eigenvalue weighted by Gasteiger charge is -2.03. The molecule has 0 saturated heterocycles. The lowest BCUT2D eigenvalue weighted by atomic mass is 10.1. The van der Waals surface area contributed by atoms with E-state index in [4.69, 9.17) is 11.6 Å². The molecule has 1 aromatic rings. The van der Waals surface area contributed by atoms with Gasteiger partial charge in [-0.3, -0.25) is 0 Å². The third-order valence-electron chi connectivity index (χ3n) is 1.82. The number of rotatable bonds is 4. The van der Waals surface area contributed by atoms with Crippen molar-refractivity contribution in [3.63, 3.8) is 0 Å². The Kier molecular flexibility index (Phi) is 4.78. The fourth-order valence-electron chi connectivity index (χ4n) is 1.10. The Labute approximate surface area is 92.6 Å². The van der Waals surface area contributed by atoms with Crippen LogP contribution in [-0.2, 0) is 6.42 Å². The molecule has 1 rings (SSSR count). The summed E-state index contributed by atoms with van der Waals surface area (Å²) in [7, 11) is 0. The van der Waals surface area contributed by atoms with Gasteiger partial charge in [-0.15, -0.1) is 0 Å². The molecule has 13 heavy (non-hydrogen) atoms. The van der Waals surface area contributed by atoms with Crippen LogP contribution in [0.2, 0.25) is 5.02 Å². The molecule has 0 aliphatic rings. The van der Waals surface area contributed by atoms with Crippen LogP contribution in [0.5, 0.6) is 0 Å². The van der Waals surface area contributed by atoms with Gasteiger partial charge in [0.1, 0.15) is 0 Å². The van der Waals surface area contributed by atoms with Crippen LogP contribution < -0.4 is 5.32 Å². The van der Waals surface area contributed by atoms with Gasteiger partial charge in [-0.05, 0) is 53.1 Å². The first-order chi connectivity index (χ1) is 6.24. The van der Waals surface area contributed by atoms with E-state index in [9.17, 15) is 0 Å². The molecule has 1 N–H and O–H groups in total. The van der Waals surface area contributed by atoms with Crippen molar-refractivity contribution in [1.82, 2.24) is 5.32 Å². The number of hydrogen-bond acceptors (Lipinski definition) is 1. The average molecular weight is 263 g/mol. The standard InChI is InChI=1S/C10H13BrClN/c1-2-13-6-5-8-3-4-10(12)9(11)7-8/h3-4,7,13H,2,5-6H2,1H3. The Morgan fingerprint density at radius 2 is 2.23 bits per heavy atom. The fraction of sp³-hybridized carbons (Fsp3) is 0.400. The van der Waals surface area contributed by atoms with Gasteiger partial charge in [-0.25, -0.2) is 0 Å². The maximum atomic E-state index is 5.88. The minimum Gasteiger partial charge on any atom is -0.317 e. The molecule has 0 aliphatic carbocycles. The van der Waals surface area contributed by atoms with Crippen LogP contribution in [-0.4, -0.2) is 13.1 Å². The molecule has 0 aromatic heterocycles. The van der Waals surface area contributed by atoms with Crippen molar-refractivity contribution < 1.29 is 0 Å². The van der Waals surface area contributed by atoms with Gasteiger partial charge in [-0.2, -0.15) is 0 Å². The van der Waals surface area contributed by atoms with Crippen LogP contribution in [0.15, 0.2) is 22.7 Å². The van der Waals surface area contributed by atoms with Gasteiger partial charge in [0.05, 0.1) is 5.02 Å². The third kappa shape index (κ3) is 3.67. The van der Waals surface area contributed by atoms with Gasteiger partial charge < -0.3 is 5.32 Å². The molecule has 1 aromatic carbocycles. The fourth-order valence-corrected chi connectivity index (χ4v) is 1.65. The largest absolute Gasteiger partial charge is 0.317 e. The van der Waals surface area contributed by atoms with Gasteiger partial charge in [0, 0.05) is 4.47 Å². The van der Waals surface area contributed by atoms with Gasteiger partial charge in [0.2, 0.25) is 0 Å². The Morgan fingerprint density at radius 1 is 1.46 bits per heavy atom. The Hall–Kier alpha value is -0.0500. The predicted molar refractivity (Wildman–Crippen MR) is 61.4 cm³/mol. The minimum atomic E-state index is 0.771. The Bertz CT molecular complexity index is 276. The van der Waals surface area contributed by atoms with Gasteiger partial charge >= 0.3 is 0 Å². The van der Waals surface area contributed by atoms with Crippen LogP contribution in [0.4, 0.5) is 0 Å². The molecule has 0 atom stereocenters. The van der Waals surface area contributed by atoms with E-state index in [0.29, 0.717) is 0 Å². The van der Waals surface area contributed by atoms with Crippen molar-refractivity contribution in [2.24, 2.45) is 0 Å². The molecule has 0 spiro atoms. The maximum absolute atomic E-state index is 5.88. The summed E-state index contributed by atoms with van der Waals surface area (Å²) in [5.74, 6) is 0. The zero-order chi connectivity index (χ0) is 9.68. The Balaban J connectivity index is 2.53. The maximum Gasteiger partial charge on any atom is 0.0548 e. The van der Waals surface area contributed by atoms with Crippen molar-refractivity contribution in [1.29, 1.82) is 0 Å². The van der Waals surface area contributed by atoms with Crippen molar-refractivity contribution in [3.8, 4) is 0 Å². The summed E-state index contributed by atoms with van der Waals surface area (Å²) in [6.07, 6.45) is 1.05. The number of halogens is 2. The first kappa shape index (κ1) is 11.0. The van der Waals surface area contributed by atoms with Gasteiger partial charge in [0.15, 0.2) is 0 Å². The molecule has 0 fully saturated rings. The smallest absolute Gasteiger partial charge is 0.0548 e. The monoisotopic (exact) mass is 261 g/mol. The van der Waals surface area contributed by atoms with Crippen LogP contribution in [0, 0.1) is 0 Å². The highest BCUT2D eigenvalue weighted by Crippen LogP contribution is 2.23. The first-order valence-electron chi connectivity index (χ1n) is 4.38. The molecule has 3 heteroatoms. The second kappa shape index (κ2) is 5.63. The van der Waals surface area contributed by atoms with E-state index in [-0.39, 0.29) is 0 Å². The number of likely N-dealkylation sites (N-methyl/N-ethyl adjacent to an activating group) is 1. The summed E-state index contributed by atoms with van der Waals surface area (Å²) in [5.41, 5.74) is 1.30. The zero-order valence-electron chi connectivity index (χ0n) is 7.61. The van der Waals surface area contributed by atoms with Crippen molar-refractivity contribution in [2.45, 2.75) is 13.3 Å². The number of nitrogens with one attached hydrogen (secondary N) is 1. The van der Waals surface area contributed by atoms with E-state index >= 15 is 0 Å². The molecule has 0 radical (unpaired) electrons. The quantitative estimate of drug-likeness (QED) is 0.822. The van der Waals surface area contributed by atoms with Crippen molar-refractivity contribution in [3.05, 3.63) is 33.3 Å². The summed E-state index contributed by atoms with van der Waals surface area (Å²) in [6.45, 7) is 4.15. The van der Waals surface area contributed by atoms with Gasteiger partial charge in [0.25, 0.3) is 0 Å². The highest BCUT2D eigenvalue weighted by Gasteiger charge is 1.98. The summed E-state index contributed by atoms with van der Waals surface area (Å²) in [6, 6.07) is 6.05. The molecular weight excluding hydrogens is 249 g/mol. The highest BCUT2D eigenvalue weighted by atomic mass is 79.9. The normalized spacial score (nSPS) is 10.4. The first-order valence-corrected chi connectivity index (χ1v) is 5.55. The molecule has 72 valence electrons. The molecule has 1 nitrogen and oxygen atoms in total. The van der Waals surface area contributed by atoms with E-state index in [1.807, 2.05) is 6.07 Å². The van der Waals surface area contributed by atoms with Crippen LogP contribution >= 0.6 is 27.5 Å². The lowest BCUT2D eigenvalue weighted by Crippen LogP contribution is -2.15. The van der Waals surface area contributed by atoms with E-state index in [1.54, 1.807) is 0 Å². The second-order valence-corrected chi connectivity index (χ2v) is 4.11. The molecule has 0 unspecified atom stereocenters. The van der Waals surface area contributed by atoms with Crippen LogP contribution in [0.3, 0.4) is 0 Å². The minimum absolute atomic E-state index is 0.771. The number of hydrogen-bond donors (Lipinski definition) is 1. The summed E-state index contributed by atoms with van der Waals surface area (Å²) < 4.78 is 0.975. The molecular formula is C10H13BrClN. The summed E-state index contributed by atoms with van der Waals surface area (Å²) in [5, 5.41) is 4.05. The molecule has 0 heterocycles. The van der Waals surface area contributed by atoms with Crippen LogP contribution in [0.1, 0.15) is 12.5 Å². The SMILES string of the molecule is CCNCCc1ccc(Cl)c(Br)c1. The number of benzene rings is 1. The third-order valence-corrected chi connectivity index (χ3v) is 3.04. The second-order valence-electron chi connectivity index (χ2n) is 2.85. The van der Waals surface area contributed by atoms with Crippen molar-refractivity contribution in [2.75, 3.05) is 13.1 Å². The zero-order valence-corrected chi connectivity index (χ0v) is 9.95. The summed E-state index contributed by atoms with van der Waals surface area (Å²) in [4.78, 5) is 0. The molecule has 0 amide bonds. The topological polar surface area (TPSA) is 12.0 Å². The van der Waals surface area contributed by atoms with E-state index in [2.05, 4.69) is 40.3 Å². The van der Waals surface area contributed by atoms with Crippen molar-refractivity contribution >= 4 is 27.5 Å². The average Bonchev–Trinajstić information content (AvgIpc) is 2.12. The highest BCUT2D eigenvalue weighted by molar-refractivity contribution is 9.10. The van der Waals surface area contributed by atoms with E-state index in [1.165, 1.54) is 5.56 Å². The lowest BCUT2D eigenvalue weighted by molar-refractivity contribution is 0.716. The molecule has 0 aliphatic heterocycles. The van der Waals surface area contributed by atoms with E-state index < -0.39 is 0 Å². The predicted octanol–water partition coefficient (Wildman–Crippen LogP) is 3.25. The van der Waals surface area contributed by atoms with Gasteiger partial charge in [-0.1, -0.05) is 24.6 Å². The van der Waals surface area contributed by atoms with E-state index in [0.717, 1.165) is 29.0 Å². The molecule has 0 saturated carbocycles.